The number of aliphatic hydroxyl groups is 1. The fraction of sp³-hybridized carbons (Fsp3) is 0.650. The molecule has 0 aliphatic carbocycles. The van der Waals surface area contributed by atoms with Crippen LogP contribution < -0.4 is 5.32 Å². The standard InChI is InChI=1S/C20H31N3O2/c24-16-18-9-12-22(13-10-18)20(25)21-14-19-8-4-5-11-23(19)15-17-6-2-1-3-7-17/h1-3,6-7,18-19,24H,4-5,8-16H2,(H,21,25). The molecular formula is C20H31N3O2. The van der Waals surface area contributed by atoms with E-state index in [0.717, 1.165) is 52.0 Å². The van der Waals surface area contributed by atoms with Gasteiger partial charge in [-0.1, -0.05) is 36.8 Å². The molecule has 0 aromatic heterocycles. The van der Waals surface area contributed by atoms with Crippen molar-refractivity contribution in [2.45, 2.75) is 44.7 Å². The Labute approximate surface area is 151 Å². The molecule has 2 N–H and O–H groups in total. The summed E-state index contributed by atoms with van der Waals surface area (Å²) in [5, 5.41) is 12.4. The second kappa shape index (κ2) is 9.20. The monoisotopic (exact) mass is 345 g/mol. The molecule has 2 amide bonds. The minimum absolute atomic E-state index is 0.0571. The second-order valence-corrected chi connectivity index (χ2v) is 7.40. The molecule has 2 heterocycles. The number of carbonyl (C=O) groups excluding carboxylic acids is 1. The maximum atomic E-state index is 12.4. The Morgan fingerprint density at radius 1 is 1.08 bits per heavy atom. The highest BCUT2D eigenvalue weighted by molar-refractivity contribution is 5.74. The van der Waals surface area contributed by atoms with E-state index in [2.05, 4.69) is 40.5 Å². The molecule has 2 aliphatic rings. The van der Waals surface area contributed by atoms with E-state index in [-0.39, 0.29) is 12.6 Å². The quantitative estimate of drug-likeness (QED) is 0.862. The van der Waals surface area contributed by atoms with Gasteiger partial charge in [-0.15, -0.1) is 0 Å². The number of rotatable bonds is 5. The van der Waals surface area contributed by atoms with Gasteiger partial charge < -0.3 is 15.3 Å². The lowest BCUT2D eigenvalue weighted by Crippen LogP contribution is -2.50. The number of urea groups is 1. The molecule has 2 fully saturated rings. The third-order valence-electron chi connectivity index (χ3n) is 5.63. The van der Waals surface area contributed by atoms with Crippen LogP contribution in [0.3, 0.4) is 0 Å². The third-order valence-corrected chi connectivity index (χ3v) is 5.63. The number of aliphatic hydroxyl groups excluding tert-OH is 1. The van der Waals surface area contributed by atoms with Crippen LogP contribution in [0.1, 0.15) is 37.7 Å². The van der Waals surface area contributed by atoms with Gasteiger partial charge in [0, 0.05) is 38.8 Å². The molecule has 2 aliphatic heterocycles. The molecule has 1 aromatic carbocycles. The zero-order valence-electron chi connectivity index (χ0n) is 15.1. The van der Waals surface area contributed by atoms with Gasteiger partial charge in [0.05, 0.1) is 0 Å². The molecule has 0 bridgehead atoms. The van der Waals surface area contributed by atoms with Gasteiger partial charge >= 0.3 is 6.03 Å². The minimum atomic E-state index is 0.0571. The number of hydrogen-bond donors (Lipinski definition) is 2. The summed E-state index contributed by atoms with van der Waals surface area (Å²) in [6, 6.07) is 11.1. The molecular weight excluding hydrogens is 314 g/mol. The van der Waals surface area contributed by atoms with Gasteiger partial charge in [0.15, 0.2) is 0 Å². The van der Waals surface area contributed by atoms with Crippen LogP contribution >= 0.6 is 0 Å². The topological polar surface area (TPSA) is 55.8 Å². The van der Waals surface area contributed by atoms with Gasteiger partial charge in [0.2, 0.25) is 0 Å². The van der Waals surface area contributed by atoms with Gasteiger partial charge in [0.1, 0.15) is 0 Å². The van der Waals surface area contributed by atoms with Gasteiger partial charge in [-0.05, 0) is 43.7 Å². The SMILES string of the molecule is O=C(NCC1CCCCN1Cc1ccccc1)N1CCC(CO)CC1. The molecule has 1 atom stereocenters. The highest BCUT2D eigenvalue weighted by Gasteiger charge is 2.25. The Morgan fingerprint density at radius 2 is 1.84 bits per heavy atom. The van der Waals surface area contributed by atoms with E-state index < -0.39 is 0 Å². The van der Waals surface area contributed by atoms with Crippen molar-refractivity contribution in [3.63, 3.8) is 0 Å². The van der Waals surface area contributed by atoms with E-state index in [9.17, 15) is 9.90 Å². The number of carbonyl (C=O) groups is 1. The predicted octanol–water partition coefficient (Wildman–Crippen LogP) is 2.46. The maximum Gasteiger partial charge on any atom is 0.317 e. The molecule has 138 valence electrons. The number of hydrogen-bond acceptors (Lipinski definition) is 3. The lowest BCUT2D eigenvalue weighted by molar-refractivity contribution is 0.123. The summed E-state index contributed by atoms with van der Waals surface area (Å²) in [5.74, 6) is 0.365. The van der Waals surface area contributed by atoms with Crippen molar-refractivity contribution in [1.82, 2.24) is 15.1 Å². The van der Waals surface area contributed by atoms with Crippen LogP contribution in [0.25, 0.3) is 0 Å². The second-order valence-electron chi connectivity index (χ2n) is 7.40. The van der Waals surface area contributed by atoms with Crippen LogP contribution in [0.15, 0.2) is 30.3 Å². The molecule has 2 saturated heterocycles. The third kappa shape index (κ3) is 5.19. The Balaban J connectivity index is 1.47. The molecule has 0 radical (unpaired) electrons. The number of benzene rings is 1. The number of piperidine rings is 2. The van der Waals surface area contributed by atoms with Crippen LogP contribution in [-0.4, -0.2) is 59.8 Å². The Hall–Kier alpha value is -1.59. The first-order valence-electron chi connectivity index (χ1n) is 9.68. The molecule has 5 nitrogen and oxygen atoms in total. The fourth-order valence-electron chi connectivity index (χ4n) is 3.95. The van der Waals surface area contributed by atoms with Gasteiger partial charge in [0.25, 0.3) is 0 Å². The predicted molar refractivity (Wildman–Crippen MR) is 99.3 cm³/mol. The van der Waals surface area contributed by atoms with Crippen LogP contribution in [0.4, 0.5) is 4.79 Å². The van der Waals surface area contributed by atoms with E-state index in [4.69, 9.17) is 0 Å². The van der Waals surface area contributed by atoms with E-state index in [1.54, 1.807) is 0 Å². The van der Waals surface area contributed by atoms with Crippen molar-refractivity contribution in [2.24, 2.45) is 5.92 Å². The van der Waals surface area contributed by atoms with Crippen molar-refractivity contribution >= 4 is 6.03 Å². The van der Waals surface area contributed by atoms with Crippen LogP contribution in [0, 0.1) is 5.92 Å². The van der Waals surface area contributed by atoms with Crippen molar-refractivity contribution in [2.75, 3.05) is 32.8 Å². The van der Waals surface area contributed by atoms with E-state index >= 15 is 0 Å². The van der Waals surface area contributed by atoms with Crippen molar-refractivity contribution < 1.29 is 9.90 Å². The van der Waals surface area contributed by atoms with Gasteiger partial charge in [-0.3, -0.25) is 4.90 Å². The largest absolute Gasteiger partial charge is 0.396 e. The summed E-state index contributed by atoms with van der Waals surface area (Å²) in [5.41, 5.74) is 1.34. The summed E-state index contributed by atoms with van der Waals surface area (Å²) >= 11 is 0. The zero-order chi connectivity index (χ0) is 17.5. The van der Waals surface area contributed by atoms with Crippen LogP contribution in [0.2, 0.25) is 0 Å². The highest BCUT2D eigenvalue weighted by Crippen LogP contribution is 2.20. The Kier molecular flexibility index (Phi) is 6.70. The maximum absolute atomic E-state index is 12.4. The molecule has 0 saturated carbocycles. The molecule has 0 spiro atoms. The Morgan fingerprint density at radius 3 is 2.56 bits per heavy atom. The molecule has 3 rings (SSSR count). The molecule has 1 unspecified atom stereocenters. The van der Waals surface area contributed by atoms with Gasteiger partial charge in [-0.25, -0.2) is 4.79 Å². The van der Waals surface area contributed by atoms with E-state index in [1.165, 1.54) is 18.4 Å². The number of nitrogens with zero attached hydrogens (tertiary/aromatic N) is 2. The first-order chi connectivity index (χ1) is 12.3. The first-order valence-corrected chi connectivity index (χ1v) is 9.68. The minimum Gasteiger partial charge on any atom is -0.396 e. The smallest absolute Gasteiger partial charge is 0.317 e. The lowest BCUT2D eigenvalue weighted by Gasteiger charge is -2.37. The van der Waals surface area contributed by atoms with E-state index in [0.29, 0.717) is 12.0 Å². The first kappa shape index (κ1) is 18.2. The van der Waals surface area contributed by atoms with E-state index in [1.807, 2.05) is 4.90 Å². The van der Waals surface area contributed by atoms with Crippen molar-refractivity contribution in [1.29, 1.82) is 0 Å². The Bertz CT molecular complexity index is 529. The molecule has 25 heavy (non-hydrogen) atoms. The fourth-order valence-corrected chi connectivity index (χ4v) is 3.95. The van der Waals surface area contributed by atoms with Crippen LogP contribution in [0.5, 0.6) is 0 Å². The number of likely N-dealkylation sites (tertiary alicyclic amines) is 2. The number of nitrogens with one attached hydrogen (secondary N) is 1. The summed E-state index contributed by atoms with van der Waals surface area (Å²) in [4.78, 5) is 16.8. The average molecular weight is 345 g/mol. The summed E-state index contributed by atoms with van der Waals surface area (Å²) < 4.78 is 0. The van der Waals surface area contributed by atoms with Gasteiger partial charge in [-0.2, -0.15) is 0 Å². The highest BCUT2D eigenvalue weighted by atomic mass is 16.3. The summed E-state index contributed by atoms with van der Waals surface area (Å²) in [7, 11) is 0. The zero-order valence-corrected chi connectivity index (χ0v) is 15.1. The van der Waals surface area contributed by atoms with Crippen molar-refractivity contribution in [3.8, 4) is 0 Å². The molecule has 1 aromatic rings. The van der Waals surface area contributed by atoms with Crippen LogP contribution in [-0.2, 0) is 6.54 Å². The van der Waals surface area contributed by atoms with Crippen molar-refractivity contribution in [3.05, 3.63) is 35.9 Å². The molecule has 5 heteroatoms. The summed E-state index contributed by atoms with van der Waals surface area (Å²) in [6.45, 7) is 4.56. The average Bonchev–Trinajstić information content (AvgIpc) is 2.68. The summed E-state index contributed by atoms with van der Waals surface area (Å²) in [6.07, 6.45) is 5.46. The normalized spacial score (nSPS) is 22.8. The number of amides is 2. The lowest BCUT2D eigenvalue weighted by atomic mass is 9.98.